The number of carbonyl (C=O) groups is 1. The minimum Gasteiger partial charge on any atom is -0.476 e. The van der Waals surface area contributed by atoms with Crippen LogP contribution in [0.15, 0.2) is 11.4 Å². The van der Waals surface area contributed by atoms with Crippen LogP contribution in [0.1, 0.15) is 39.5 Å². The van der Waals surface area contributed by atoms with Crippen molar-refractivity contribution in [2.24, 2.45) is 0 Å². The molecule has 0 bridgehead atoms. The van der Waals surface area contributed by atoms with E-state index in [9.17, 15) is 4.79 Å². The number of likely N-dealkylation sites (tertiary alicyclic amines) is 1. The molecule has 0 radical (unpaired) electrons. The van der Waals surface area contributed by atoms with E-state index in [4.69, 9.17) is 9.47 Å². The number of ether oxygens (including phenoxy) is 2. The molecule has 30 heavy (non-hydrogen) atoms. The standard InChI is InChI=1S/C20H32N6O3S/c1-4-25-14-16(19(23-25)29-5-2)18-21-22-20(26(18)12-13-28-3)30-15-17(27)24-10-8-6-7-9-11-24/h14H,4-13,15H2,1-3H3. The summed E-state index contributed by atoms with van der Waals surface area (Å²) in [6.45, 7) is 8.03. The Morgan fingerprint density at radius 1 is 1.17 bits per heavy atom. The van der Waals surface area contributed by atoms with E-state index in [1.807, 2.05) is 34.2 Å². The maximum Gasteiger partial charge on any atom is 0.243 e. The second kappa shape index (κ2) is 11.4. The number of hydrogen-bond donors (Lipinski definition) is 0. The number of hydrogen-bond acceptors (Lipinski definition) is 7. The molecule has 0 N–H and O–H groups in total. The number of carbonyl (C=O) groups excluding carboxylic acids is 1. The molecule has 2 aromatic heterocycles. The van der Waals surface area contributed by atoms with Gasteiger partial charge in [0.15, 0.2) is 11.0 Å². The second-order valence-corrected chi connectivity index (χ2v) is 8.11. The maximum absolute atomic E-state index is 12.7. The van der Waals surface area contributed by atoms with Crippen molar-refractivity contribution in [2.45, 2.75) is 57.8 Å². The summed E-state index contributed by atoms with van der Waals surface area (Å²) in [4.78, 5) is 14.7. The van der Waals surface area contributed by atoms with Crippen LogP contribution in [0.2, 0.25) is 0 Å². The normalized spacial score (nSPS) is 14.7. The summed E-state index contributed by atoms with van der Waals surface area (Å²) < 4.78 is 14.8. The van der Waals surface area contributed by atoms with Gasteiger partial charge in [-0.2, -0.15) is 0 Å². The zero-order chi connectivity index (χ0) is 21.3. The van der Waals surface area contributed by atoms with E-state index >= 15 is 0 Å². The lowest BCUT2D eigenvalue weighted by atomic mass is 10.2. The predicted octanol–water partition coefficient (Wildman–Crippen LogP) is 2.70. The molecule has 10 heteroatoms. The highest BCUT2D eigenvalue weighted by Gasteiger charge is 2.22. The van der Waals surface area contributed by atoms with Crippen LogP contribution in [0.5, 0.6) is 5.88 Å². The molecule has 0 unspecified atom stereocenters. The Labute approximate surface area is 182 Å². The zero-order valence-electron chi connectivity index (χ0n) is 18.2. The molecule has 0 aliphatic carbocycles. The number of amides is 1. The Hall–Kier alpha value is -2.07. The van der Waals surface area contributed by atoms with Crippen LogP contribution in [0.25, 0.3) is 11.4 Å². The Balaban J connectivity index is 1.79. The molecule has 3 rings (SSSR count). The van der Waals surface area contributed by atoms with Gasteiger partial charge < -0.3 is 14.4 Å². The number of rotatable bonds is 10. The summed E-state index contributed by atoms with van der Waals surface area (Å²) in [6.07, 6.45) is 6.52. The molecule has 0 spiro atoms. The van der Waals surface area contributed by atoms with Crippen molar-refractivity contribution in [1.29, 1.82) is 0 Å². The van der Waals surface area contributed by atoms with Crippen LogP contribution in [0.3, 0.4) is 0 Å². The fourth-order valence-electron chi connectivity index (χ4n) is 3.48. The van der Waals surface area contributed by atoms with Gasteiger partial charge in [0.2, 0.25) is 11.8 Å². The molecule has 1 aliphatic rings. The van der Waals surface area contributed by atoms with Crippen molar-refractivity contribution in [3.05, 3.63) is 6.20 Å². The van der Waals surface area contributed by atoms with Crippen LogP contribution in [-0.4, -0.2) is 74.5 Å². The van der Waals surface area contributed by atoms with Crippen molar-refractivity contribution in [1.82, 2.24) is 29.4 Å². The fourth-order valence-corrected chi connectivity index (χ4v) is 4.35. The van der Waals surface area contributed by atoms with Crippen LogP contribution in [-0.2, 0) is 22.6 Å². The van der Waals surface area contributed by atoms with Gasteiger partial charge in [-0.15, -0.1) is 15.3 Å². The summed E-state index contributed by atoms with van der Waals surface area (Å²) in [5.74, 6) is 1.75. The van der Waals surface area contributed by atoms with Gasteiger partial charge in [-0.05, 0) is 26.7 Å². The molecule has 1 saturated heterocycles. The Morgan fingerprint density at radius 2 is 1.93 bits per heavy atom. The molecular weight excluding hydrogens is 404 g/mol. The molecule has 9 nitrogen and oxygen atoms in total. The molecule has 1 amide bonds. The molecule has 0 aromatic carbocycles. The number of aromatic nitrogens is 5. The third-order valence-corrected chi connectivity index (χ3v) is 6.04. The minimum atomic E-state index is 0.165. The highest BCUT2D eigenvalue weighted by molar-refractivity contribution is 7.99. The van der Waals surface area contributed by atoms with Crippen molar-refractivity contribution >= 4 is 17.7 Å². The van der Waals surface area contributed by atoms with E-state index in [0.29, 0.717) is 42.4 Å². The quantitative estimate of drug-likeness (QED) is 0.529. The van der Waals surface area contributed by atoms with Gasteiger partial charge in [0.1, 0.15) is 5.56 Å². The number of aryl methyl sites for hydroxylation is 1. The molecule has 0 atom stereocenters. The van der Waals surface area contributed by atoms with Gasteiger partial charge in [-0.1, -0.05) is 24.6 Å². The molecule has 3 heterocycles. The second-order valence-electron chi connectivity index (χ2n) is 7.17. The van der Waals surface area contributed by atoms with Crippen molar-refractivity contribution < 1.29 is 14.3 Å². The van der Waals surface area contributed by atoms with Gasteiger partial charge in [0.05, 0.1) is 25.5 Å². The molecule has 0 saturated carbocycles. The van der Waals surface area contributed by atoms with Crippen molar-refractivity contribution in [3.8, 4) is 17.3 Å². The lowest BCUT2D eigenvalue weighted by molar-refractivity contribution is -0.128. The summed E-state index contributed by atoms with van der Waals surface area (Å²) >= 11 is 1.43. The lowest BCUT2D eigenvalue weighted by Gasteiger charge is -2.19. The van der Waals surface area contributed by atoms with Crippen molar-refractivity contribution in [3.63, 3.8) is 0 Å². The lowest BCUT2D eigenvalue weighted by Crippen LogP contribution is -2.33. The van der Waals surface area contributed by atoms with Gasteiger partial charge in [0, 0.05) is 32.9 Å². The zero-order valence-corrected chi connectivity index (χ0v) is 19.0. The van der Waals surface area contributed by atoms with E-state index < -0.39 is 0 Å². The van der Waals surface area contributed by atoms with E-state index in [1.165, 1.54) is 24.6 Å². The van der Waals surface area contributed by atoms with E-state index in [1.54, 1.807) is 7.11 Å². The number of thioether (sulfide) groups is 1. The average molecular weight is 437 g/mol. The van der Waals surface area contributed by atoms with E-state index in [0.717, 1.165) is 38.0 Å². The molecule has 1 fully saturated rings. The van der Waals surface area contributed by atoms with E-state index in [-0.39, 0.29) is 5.91 Å². The molecule has 2 aromatic rings. The highest BCUT2D eigenvalue weighted by Crippen LogP contribution is 2.30. The van der Waals surface area contributed by atoms with Crippen LogP contribution < -0.4 is 4.74 Å². The summed E-state index contributed by atoms with van der Waals surface area (Å²) in [5.41, 5.74) is 0.799. The topological polar surface area (TPSA) is 87.3 Å². The third-order valence-electron chi connectivity index (χ3n) is 5.09. The maximum atomic E-state index is 12.7. The molecule has 1 aliphatic heterocycles. The largest absolute Gasteiger partial charge is 0.476 e. The molecule has 166 valence electrons. The van der Waals surface area contributed by atoms with Gasteiger partial charge in [-0.25, -0.2) is 0 Å². The number of methoxy groups -OCH3 is 1. The van der Waals surface area contributed by atoms with Crippen LogP contribution in [0, 0.1) is 0 Å². The fraction of sp³-hybridized carbons (Fsp3) is 0.700. The van der Waals surface area contributed by atoms with Crippen LogP contribution in [0.4, 0.5) is 0 Å². The first-order valence-electron chi connectivity index (χ1n) is 10.7. The average Bonchev–Trinajstić information content (AvgIpc) is 3.23. The van der Waals surface area contributed by atoms with Crippen molar-refractivity contribution in [2.75, 3.05) is 39.2 Å². The first kappa shape index (κ1) is 22.6. The third kappa shape index (κ3) is 5.54. The Morgan fingerprint density at radius 3 is 2.60 bits per heavy atom. The predicted molar refractivity (Wildman–Crippen MR) is 116 cm³/mol. The summed E-state index contributed by atoms with van der Waals surface area (Å²) in [6, 6.07) is 0. The van der Waals surface area contributed by atoms with Gasteiger partial charge in [0.25, 0.3) is 0 Å². The smallest absolute Gasteiger partial charge is 0.243 e. The summed E-state index contributed by atoms with van der Waals surface area (Å²) in [7, 11) is 1.67. The Kier molecular flexibility index (Phi) is 8.56. The first-order valence-corrected chi connectivity index (χ1v) is 11.7. The van der Waals surface area contributed by atoms with Gasteiger partial charge >= 0.3 is 0 Å². The van der Waals surface area contributed by atoms with Gasteiger partial charge in [-0.3, -0.25) is 14.0 Å². The highest BCUT2D eigenvalue weighted by atomic mass is 32.2. The number of nitrogens with zero attached hydrogens (tertiary/aromatic N) is 6. The molecular formula is C20H32N6O3S. The Bertz CT molecular complexity index is 814. The monoisotopic (exact) mass is 436 g/mol. The first-order chi connectivity index (χ1) is 14.7. The van der Waals surface area contributed by atoms with Crippen LogP contribution >= 0.6 is 11.8 Å². The SMILES string of the molecule is CCOc1nn(CC)cc1-c1nnc(SCC(=O)N2CCCCCC2)n1CCOC. The minimum absolute atomic E-state index is 0.165. The summed E-state index contributed by atoms with van der Waals surface area (Å²) in [5, 5.41) is 14.0. The van der Waals surface area contributed by atoms with E-state index in [2.05, 4.69) is 15.3 Å².